The quantitative estimate of drug-likeness (QED) is 0.823. The molecule has 0 heterocycles. The summed E-state index contributed by atoms with van der Waals surface area (Å²) in [5.41, 5.74) is 0. The molecular weight excluding hydrogens is 246 g/mol. The smallest absolute Gasteiger partial charge is 0.324 e. The van der Waals surface area contributed by atoms with Gasteiger partial charge in [-0.05, 0) is 24.3 Å². The van der Waals surface area contributed by atoms with E-state index in [0.29, 0.717) is 0 Å². The molecule has 0 aliphatic heterocycles. The summed E-state index contributed by atoms with van der Waals surface area (Å²) >= 11 is 0. The molecule has 1 N–H and O–H groups in total. The summed E-state index contributed by atoms with van der Waals surface area (Å²) in [4.78, 5) is 8.37. The van der Waals surface area contributed by atoms with Crippen LogP contribution in [0.4, 0.5) is 4.39 Å². The molecule has 15 heavy (non-hydrogen) atoms. The van der Waals surface area contributed by atoms with Gasteiger partial charge in [-0.25, -0.2) is 4.39 Å². The van der Waals surface area contributed by atoms with Crippen LogP contribution in [0.2, 0.25) is 0 Å². The summed E-state index contributed by atoms with van der Waals surface area (Å²) < 4.78 is 49.8. The van der Waals surface area contributed by atoms with Crippen molar-refractivity contribution in [2.24, 2.45) is 0 Å². The van der Waals surface area contributed by atoms with Crippen LogP contribution in [0.1, 0.15) is 0 Å². The molecule has 0 saturated heterocycles. The highest BCUT2D eigenvalue weighted by molar-refractivity contribution is 7.91. The second-order valence-corrected chi connectivity index (χ2v) is 6.37. The zero-order valence-electron chi connectivity index (χ0n) is 7.62. The van der Waals surface area contributed by atoms with Gasteiger partial charge in [0.05, 0.1) is 4.90 Å². The van der Waals surface area contributed by atoms with E-state index >= 15 is 0 Å². The van der Waals surface area contributed by atoms with Crippen molar-refractivity contribution in [1.29, 1.82) is 0 Å². The number of halogens is 1. The lowest BCUT2D eigenvalue weighted by atomic mass is 10.4. The minimum atomic E-state index is -4.31. The lowest BCUT2D eigenvalue weighted by Crippen LogP contribution is -2.04. The maximum Gasteiger partial charge on any atom is 0.339 e. The molecule has 0 aliphatic rings. The Labute approximate surface area is 86.2 Å². The first-order chi connectivity index (χ1) is 6.71. The molecule has 0 bridgehead atoms. The molecule has 1 atom stereocenters. The monoisotopic (exact) mass is 254 g/mol. The van der Waals surface area contributed by atoms with Crippen molar-refractivity contribution < 1.29 is 26.2 Å². The molecule has 84 valence electrons. The predicted molar refractivity (Wildman–Crippen MR) is 50.4 cm³/mol. The van der Waals surface area contributed by atoms with E-state index in [1.165, 1.54) is 0 Å². The lowest BCUT2D eigenvalue weighted by molar-refractivity contribution is 0.384. The van der Waals surface area contributed by atoms with E-state index in [4.69, 9.17) is 4.89 Å². The molecule has 1 aromatic carbocycles. The standard InChI is InChI=1S/C7H8FO5PS/c1-14(9,10)13-15(11,12)7-4-2-6(8)3-5-7/h2-5H,1H3,(H,9,10). The molecule has 0 saturated carbocycles. The summed E-state index contributed by atoms with van der Waals surface area (Å²) in [6.45, 7) is 0.744. The Balaban J connectivity index is 3.07. The van der Waals surface area contributed by atoms with Crippen LogP contribution in [0.3, 0.4) is 0 Å². The van der Waals surface area contributed by atoms with E-state index in [1.54, 1.807) is 0 Å². The van der Waals surface area contributed by atoms with Gasteiger partial charge in [0.15, 0.2) is 0 Å². The fourth-order valence-corrected chi connectivity index (χ4v) is 3.10. The van der Waals surface area contributed by atoms with E-state index in [0.717, 1.165) is 30.9 Å². The number of hydrogen-bond donors (Lipinski definition) is 1. The van der Waals surface area contributed by atoms with E-state index < -0.39 is 23.5 Å². The summed E-state index contributed by atoms with van der Waals surface area (Å²) in [5.74, 6) is -0.613. The summed E-state index contributed by atoms with van der Waals surface area (Å²) in [6, 6.07) is 3.71. The largest absolute Gasteiger partial charge is 0.339 e. The molecule has 1 rings (SSSR count). The number of hydrogen-bond acceptors (Lipinski definition) is 4. The van der Waals surface area contributed by atoms with Gasteiger partial charge in [0, 0.05) is 6.66 Å². The minimum Gasteiger partial charge on any atom is -0.324 e. The van der Waals surface area contributed by atoms with Crippen molar-refractivity contribution in [3.8, 4) is 0 Å². The average Bonchev–Trinajstić information content (AvgIpc) is 2.00. The molecule has 5 nitrogen and oxygen atoms in total. The lowest BCUT2D eigenvalue weighted by Gasteiger charge is -2.06. The number of benzene rings is 1. The second-order valence-electron chi connectivity index (χ2n) is 2.79. The van der Waals surface area contributed by atoms with E-state index in [-0.39, 0.29) is 4.90 Å². The zero-order chi connectivity index (χ0) is 11.7. The van der Waals surface area contributed by atoms with Crippen LogP contribution in [-0.4, -0.2) is 20.0 Å². The third-order valence-corrected chi connectivity index (χ3v) is 4.08. The Morgan fingerprint density at radius 2 is 1.80 bits per heavy atom. The van der Waals surface area contributed by atoms with Gasteiger partial charge in [-0.1, -0.05) is 0 Å². The average molecular weight is 254 g/mol. The predicted octanol–water partition coefficient (Wildman–Crippen LogP) is 1.35. The second kappa shape index (κ2) is 4.02. The Morgan fingerprint density at radius 1 is 1.33 bits per heavy atom. The molecule has 0 aliphatic carbocycles. The van der Waals surface area contributed by atoms with Gasteiger partial charge in [0.2, 0.25) is 0 Å². The van der Waals surface area contributed by atoms with Gasteiger partial charge >= 0.3 is 17.7 Å². The maximum absolute atomic E-state index is 12.5. The van der Waals surface area contributed by atoms with Crippen molar-refractivity contribution in [1.82, 2.24) is 0 Å². The fraction of sp³-hybridized carbons (Fsp3) is 0.143. The topological polar surface area (TPSA) is 80.7 Å². The highest BCUT2D eigenvalue weighted by Crippen LogP contribution is 2.40. The summed E-state index contributed by atoms with van der Waals surface area (Å²) in [5, 5.41) is 0. The molecule has 1 unspecified atom stereocenters. The van der Waals surface area contributed by atoms with Gasteiger partial charge in [0.25, 0.3) is 0 Å². The van der Waals surface area contributed by atoms with Crippen molar-refractivity contribution in [3.63, 3.8) is 0 Å². The molecule has 8 heteroatoms. The van der Waals surface area contributed by atoms with Gasteiger partial charge in [-0.3, -0.25) is 4.57 Å². The van der Waals surface area contributed by atoms with Crippen molar-refractivity contribution in [3.05, 3.63) is 30.1 Å². The van der Waals surface area contributed by atoms with Crippen molar-refractivity contribution in [2.45, 2.75) is 4.90 Å². The van der Waals surface area contributed by atoms with Crippen LogP contribution >= 0.6 is 7.60 Å². The highest BCUT2D eigenvalue weighted by Gasteiger charge is 2.24. The van der Waals surface area contributed by atoms with Crippen molar-refractivity contribution >= 4 is 17.7 Å². The molecule has 0 aromatic heterocycles. The van der Waals surface area contributed by atoms with Crippen LogP contribution in [0, 0.1) is 5.82 Å². The van der Waals surface area contributed by atoms with Crippen molar-refractivity contribution in [2.75, 3.05) is 6.66 Å². The normalized spacial score (nSPS) is 15.9. The van der Waals surface area contributed by atoms with Gasteiger partial charge in [-0.15, -0.1) is 0 Å². The molecule has 0 radical (unpaired) electrons. The van der Waals surface area contributed by atoms with Crippen LogP contribution < -0.4 is 0 Å². The van der Waals surface area contributed by atoms with Crippen LogP contribution in [0.25, 0.3) is 0 Å². The molecule has 0 fully saturated rings. The zero-order valence-corrected chi connectivity index (χ0v) is 9.33. The Kier molecular flexibility index (Phi) is 3.30. The van der Waals surface area contributed by atoms with E-state index in [9.17, 15) is 17.4 Å². The summed E-state index contributed by atoms with van der Waals surface area (Å²) in [7, 11) is -8.46. The van der Waals surface area contributed by atoms with Crippen LogP contribution in [0.15, 0.2) is 29.2 Å². The van der Waals surface area contributed by atoms with Crippen LogP contribution in [0.5, 0.6) is 0 Å². The Morgan fingerprint density at radius 3 is 2.20 bits per heavy atom. The molecule has 0 amide bonds. The SMILES string of the molecule is CP(=O)(O)OS(=O)(=O)c1ccc(F)cc1. The maximum atomic E-state index is 12.5. The first-order valence-electron chi connectivity index (χ1n) is 3.73. The molecule has 0 spiro atoms. The molecule has 1 aromatic rings. The first kappa shape index (κ1) is 12.3. The van der Waals surface area contributed by atoms with Gasteiger partial charge in [-0.2, -0.15) is 12.4 Å². The minimum absolute atomic E-state index is 0.375. The molecular formula is C7H8FO5PS. The number of rotatable bonds is 3. The third kappa shape index (κ3) is 3.71. The highest BCUT2D eigenvalue weighted by atomic mass is 32.2. The summed E-state index contributed by atoms with van der Waals surface area (Å²) in [6.07, 6.45) is 0. The van der Waals surface area contributed by atoms with E-state index in [1.807, 2.05) is 0 Å². The Hall–Kier alpha value is -0.750. The van der Waals surface area contributed by atoms with E-state index in [2.05, 4.69) is 3.97 Å². The third-order valence-electron chi connectivity index (χ3n) is 1.34. The van der Waals surface area contributed by atoms with Gasteiger partial charge in [0.1, 0.15) is 5.82 Å². The first-order valence-corrected chi connectivity index (χ1v) is 7.16. The Bertz CT molecular complexity index is 489. The van der Waals surface area contributed by atoms with Gasteiger partial charge < -0.3 is 4.89 Å². The van der Waals surface area contributed by atoms with Crippen LogP contribution in [-0.2, 0) is 18.7 Å². The fourth-order valence-electron chi connectivity index (χ4n) is 0.826.